The maximum atomic E-state index is 12.3. The molecule has 0 aliphatic carbocycles. The zero-order valence-electron chi connectivity index (χ0n) is 11.3. The number of ether oxygens (including phenoxy) is 2. The highest BCUT2D eigenvalue weighted by molar-refractivity contribution is 5.91. The molecule has 0 aliphatic rings. The number of carbonyl (C=O) groups excluding carboxylic acids is 1. The van der Waals surface area contributed by atoms with Gasteiger partial charge in [-0.25, -0.2) is 0 Å². The molecule has 0 aliphatic heterocycles. The third kappa shape index (κ3) is 6.07. The van der Waals surface area contributed by atoms with Gasteiger partial charge in [-0.3, -0.25) is 9.59 Å². The van der Waals surface area contributed by atoms with Crippen LogP contribution in [0.4, 0.5) is 14.5 Å². The van der Waals surface area contributed by atoms with E-state index >= 15 is 0 Å². The summed E-state index contributed by atoms with van der Waals surface area (Å²) >= 11 is 0. The number of carboxylic acid groups (broad SMARTS) is 1. The van der Waals surface area contributed by atoms with Crippen LogP contribution in [0.25, 0.3) is 0 Å². The Bertz CT molecular complexity index is 507. The first-order valence-electron chi connectivity index (χ1n) is 6.07. The number of hydrogen-bond acceptors (Lipinski definition) is 4. The summed E-state index contributed by atoms with van der Waals surface area (Å²) < 4.78 is 33.6. The molecule has 0 saturated heterocycles. The molecule has 2 N–H and O–H groups in total. The predicted molar refractivity (Wildman–Crippen MR) is 69.7 cm³/mol. The first kappa shape index (κ1) is 16.7. The minimum Gasteiger partial charge on any atom is -0.493 e. The first-order chi connectivity index (χ1) is 9.92. The van der Waals surface area contributed by atoms with Crippen molar-refractivity contribution in [2.24, 2.45) is 0 Å². The van der Waals surface area contributed by atoms with Crippen molar-refractivity contribution in [3.8, 4) is 11.5 Å². The zero-order valence-corrected chi connectivity index (χ0v) is 11.3. The summed E-state index contributed by atoms with van der Waals surface area (Å²) in [5.74, 6) is -1.49. The van der Waals surface area contributed by atoms with Crippen LogP contribution in [0.3, 0.4) is 0 Å². The Hall–Kier alpha value is -2.38. The molecule has 0 saturated carbocycles. The molecule has 1 amide bonds. The fourth-order valence-electron chi connectivity index (χ4n) is 1.57. The lowest BCUT2D eigenvalue weighted by molar-refractivity contribution is -0.137. The maximum Gasteiger partial charge on any atom is 0.387 e. The van der Waals surface area contributed by atoms with E-state index in [1.54, 1.807) is 0 Å². The molecule has 0 fully saturated rings. The molecule has 1 aromatic carbocycles. The molecule has 6 nitrogen and oxygen atoms in total. The second-order valence-corrected chi connectivity index (χ2v) is 4.04. The maximum absolute atomic E-state index is 12.3. The number of benzene rings is 1. The number of hydrogen-bond donors (Lipinski definition) is 2. The SMILES string of the molecule is COc1ccc(NC(=O)CCCC(=O)O)cc1OC(F)F. The largest absolute Gasteiger partial charge is 0.493 e. The molecule has 116 valence electrons. The van der Waals surface area contributed by atoms with E-state index in [4.69, 9.17) is 9.84 Å². The van der Waals surface area contributed by atoms with Crippen LogP contribution in [0.5, 0.6) is 11.5 Å². The molecule has 21 heavy (non-hydrogen) atoms. The van der Waals surface area contributed by atoms with Crippen molar-refractivity contribution < 1.29 is 33.0 Å². The average Bonchev–Trinajstić information content (AvgIpc) is 2.37. The smallest absolute Gasteiger partial charge is 0.387 e. The van der Waals surface area contributed by atoms with E-state index in [9.17, 15) is 18.4 Å². The quantitative estimate of drug-likeness (QED) is 0.770. The molecule has 0 spiro atoms. The number of amides is 1. The molecule has 0 atom stereocenters. The fraction of sp³-hybridized carbons (Fsp3) is 0.385. The van der Waals surface area contributed by atoms with E-state index in [0.29, 0.717) is 0 Å². The van der Waals surface area contributed by atoms with Gasteiger partial charge in [0.05, 0.1) is 7.11 Å². The Balaban J connectivity index is 2.66. The van der Waals surface area contributed by atoms with Crippen molar-refractivity contribution in [3.63, 3.8) is 0 Å². The third-order valence-electron chi connectivity index (χ3n) is 2.46. The number of aliphatic carboxylic acids is 1. The highest BCUT2D eigenvalue weighted by Crippen LogP contribution is 2.31. The van der Waals surface area contributed by atoms with E-state index in [1.807, 2.05) is 0 Å². The van der Waals surface area contributed by atoms with Gasteiger partial charge in [-0.1, -0.05) is 0 Å². The van der Waals surface area contributed by atoms with Gasteiger partial charge in [-0.2, -0.15) is 8.78 Å². The zero-order chi connectivity index (χ0) is 15.8. The number of rotatable bonds is 8. The van der Waals surface area contributed by atoms with Gasteiger partial charge in [-0.15, -0.1) is 0 Å². The van der Waals surface area contributed by atoms with Crippen LogP contribution < -0.4 is 14.8 Å². The molecule has 1 rings (SSSR count). The second kappa shape index (κ2) is 8.03. The Morgan fingerprint density at radius 3 is 2.57 bits per heavy atom. The standard InChI is InChI=1S/C13H15F2NO5/c1-20-9-6-5-8(7-10(9)21-13(14)15)16-11(17)3-2-4-12(18)19/h5-7,13H,2-4H2,1H3,(H,16,17)(H,18,19). The monoisotopic (exact) mass is 303 g/mol. The Labute approximate surface area is 119 Å². The lowest BCUT2D eigenvalue weighted by atomic mass is 10.2. The van der Waals surface area contributed by atoms with E-state index in [1.165, 1.54) is 25.3 Å². The third-order valence-corrected chi connectivity index (χ3v) is 2.46. The van der Waals surface area contributed by atoms with Gasteiger partial charge in [0.25, 0.3) is 0 Å². The van der Waals surface area contributed by atoms with E-state index in [0.717, 1.165) is 0 Å². The highest BCUT2D eigenvalue weighted by atomic mass is 19.3. The molecule has 0 unspecified atom stereocenters. The van der Waals surface area contributed by atoms with Crippen LogP contribution in [-0.4, -0.2) is 30.7 Å². The number of carboxylic acids is 1. The Morgan fingerprint density at radius 1 is 1.29 bits per heavy atom. The van der Waals surface area contributed by atoms with Crippen molar-refractivity contribution in [1.82, 2.24) is 0 Å². The van der Waals surface area contributed by atoms with Crippen LogP contribution >= 0.6 is 0 Å². The Kier molecular flexibility index (Phi) is 6.38. The van der Waals surface area contributed by atoms with Gasteiger partial charge in [0.2, 0.25) is 5.91 Å². The van der Waals surface area contributed by atoms with Crippen molar-refractivity contribution in [2.45, 2.75) is 25.9 Å². The number of nitrogens with one attached hydrogen (secondary N) is 1. The molecule has 0 radical (unpaired) electrons. The van der Waals surface area contributed by atoms with Gasteiger partial charge in [0.15, 0.2) is 11.5 Å². The molecular formula is C13H15F2NO5. The normalized spacial score (nSPS) is 10.3. The number of carbonyl (C=O) groups is 2. The van der Waals surface area contributed by atoms with Gasteiger partial charge in [-0.05, 0) is 18.6 Å². The fourth-order valence-corrected chi connectivity index (χ4v) is 1.57. The van der Waals surface area contributed by atoms with Gasteiger partial charge in [0.1, 0.15) is 0 Å². The summed E-state index contributed by atoms with van der Waals surface area (Å²) in [5.41, 5.74) is 0.256. The highest BCUT2D eigenvalue weighted by Gasteiger charge is 2.12. The number of alkyl halides is 2. The van der Waals surface area contributed by atoms with Crippen LogP contribution in [0.1, 0.15) is 19.3 Å². The molecule has 8 heteroatoms. The van der Waals surface area contributed by atoms with E-state index in [-0.39, 0.29) is 36.4 Å². The van der Waals surface area contributed by atoms with Gasteiger partial charge in [0, 0.05) is 24.6 Å². The van der Waals surface area contributed by atoms with Gasteiger partial charge >= 0.3 is 12.6 Å². The summed E-state index contributed by atoms with van der Waals surface area (Å²) in [6.45, 7) is -3.01. The van der Waals surface area contributed by atoms with Crippen molar-refractivity contribution in [2.75, 3.05) is 12.4 Å². The van der Waals surface area contributed by atoms with E-state index in [2.05, 4.69) is 10.1 Å². The summed E-state index contributed by atoms with van der Waals surface area (Å²) in [7, 11) is 1.30. The summed E-state index contributed by atoms with van der Waals surface area (Å²) in [6, 6.07) is 4.05. The topological polar surface area (TPSA) is 84.9 Å². The number of anilines is 1. The van der Waals surface area contributed by atoms with Crippen LogP contribution in [-0.2, 0) is 9.59 Å². The predicted octanol–water partition coefficient (Wildman–Crippen LogP) is 2.49. The molecule has 0 bridgehead atoms. The molecule has 0 heterocycles. The molecule has 1 aromatic rings. The summed E-state index contributed by atoms with van der Waals surface area (Å²) in [4.78, 5) is 21.9. The average molecular weight is 303 g/mol. The van der Waals surface area contributed by atoms with Gasteiger partial charge < -0.3 is 19.9 Å². The lowest BCUT2D eigenvalue weighted by Crippen LogP contribution is -2.12. The second-order valence-electron chi connectivity index (χ2n) is 4.04. The molecular weight excluding hydrogens is 288 g/mol. The number of halogens is 2. The first-order valence-corrected chi connectivity index (χ1v) is 6.07. The minimum absolute atomic E-state index is 0.0172. The van der Waals surface area contributed by atoms with Crippen LogP contribution in [0, 0.1) is 0 Å². The minimum atomic E-state index is -3.01. The lowest BCUT2D eigenvalue weighted by Gasteiger charge is -2.12. The Morgan fingerprint density at radius 2 is 2.00 bits per heavy atom. The van der Waals surface area contributed by atoms with Crippen molar-refractivity contribution in [3.05, 3.63) is 18.2 Å². The summed E-state index contributed by atoms with van der Waals surface area (Å²) in [6.07, 6.45) is 0.0941. The van der Waals surface area contributed by atoms with Crippen LogP contribution in [0.15, 0.2) is 18.2 Å². The molecule has 0 aromatic heterocycles. The van der Waals surface area contributed by atoms with Crippen molar-refractivity contribution >= 4 is 17.6 Å². The van der Waals surface area contributed by atoms with E-state index < -0.39 is 18.5 Å². The van der Waals surface area contributed by atoms with Crippen molar-refractivity contribution in [1.29, 1.82) is 0 Å². The summed E-state index contributed by atoms with van der Waals surface area (Å²) in [5, 5.41) is 10.9. The van der Waals surface area contributed by atoms with Crippen LogP contribution in [0.2, 0.25) is 0 Å². The number of methoxy groups -OCH3 is 1.